The summed E-state index contributed by atoms with van der Waals surface area (Å²) in [6, 6.07) is 1.71. The molecule has 0 radical (unpaired) electrons. The largest absolute Gasteiger partial charge is 0.323 e. The van der Waals surface area contributed by atoms with Gasteiger partial charge in [-0.05, 0) is 45.4 Å². The normalized spacial score (nSPS) is 14.3. The zero-order valence-corrected chi connectivity index (χ0v) is 12.4. The van der Waals surface area contributed by atoms with Crippen LogP contribution in [0.2, 0.25) is 0 Å². The summed E-state index contributed by atoms with van der Waals surface area (Å²) in [5, 5.41) is 0. The van der Waals surface area contributed by atoms with Crippen LogP contribution in [0.4, 0.5) is 0 Å². The maximum atomic E-state index is 12.8. The second kappa shape index (κ2) is 5.51. The quantitative estimate of drug-likeness (QED) is 0.873. The molecule has 0 saturated heterocycles. The van der Waals surface area contributed by atoms with Crippen molar-refractivity contribution in [2.24, 2.45) is 5.73 Å². The molecule has 2 N–H and O–H groups in total. The van der Waals surface area contributed by atoms with Crippen molar-refractivity contribution in [1.29, 1.82) is 0 Å². The predicted octanol–water partition coefficient (Wildman–Crippen LogP) is 2.87. The van der Waals surface area contributed by atoms with Gasteiger partial charge in [0.15, 0.2) is 0 Å². The van der Waals surface area contributed by atoms with Crippen LogP contribution in [-0.2, 0) is 0 Å². The van der Waals surface area contributed by atoms with Crippen LogP contribution in [0.3, 0.4) is 0 Å². The zero-order chi connectivity index (χ0) is 14.9. The molecule has 0 aliphatic heterocycles. The van der Waals surface area contributed by atoms with E-state index in [1.54, 1.807) is 4.57 Å². The molecular weight excluding hydrogens is 250 g/mol. The van der Waals surface area contributed by atoms with Gasteiger partial charge in [0.25, 0.3) is 5.56 Å². The van der Waals surface area contributed by atoms with Gasteiger partial charge in [0.1, 0.15) is 5.52 Å². The van der Waals surface area contributed by atoms with Crippen LogP contribution in [0.5, 0.6) is 0 Å². The Kier molecular flexibility index (Phi) is 3.95. The van der Waals surface area contributed by atoms with E-state index in [2.05, 4.69) is 0 Å². The van der Waals surface area contributed by atoms with Crippen molar-refractivity contribution in [1.82, 2.24) is 8.97 Å². The number of hydrogen-bond acceptors (Lipinski definition) is 2. The lowest BCUT2D eigenvalue weighted by Gasteiger charge is -2.17. The van der Waals surface area contributed by atoms with E-state index in [1.165, 1.54) is 0 Å². The van der Waals surface area contributed by atoms with Gasteiger partial charge in [-0.15, -0.1) is 0 Å². The summed E-state index contributed by atoms with van der Waals surface area (Å²) in [6.45, 7) is 7.68. The average molecular weight is 271 g/mol. The van der Waals surface area contributed by atoms with E-state index in [4.69, 9.17) is 5.73 Å². The van der Waals surface area contributed by atoms with Crippen LogP contribution in [0.25, 0.3) is 11.2 Å². The molecular formula is C16H21N3O. The highest BCUT2D eigenvalue weighted by Crippen LogP contribution is 2.17. The number of fused-ring (bicyclic) bond motifs is 1. The molecule has 2 heterocycles. The van der Waals surface area contributed by atoms with Crippen molar-refractivity contribution in [2.45, 2.75) is 33.7 Å². The summed E-state index contributed by atoms with van der Waals surface area (Å²) >= 11 is 0. The smallest absolute Gasteiger partial charge is 0.279 e. The maximum absolute atomic E-state index is 12.8. The highest BCUT2D eigenvalue weighted by Gasteiger charge is 2.15. The Labute approximate surface area is 118 Å². The number of allylic oxidation sites excluding steroid dienone is 4. The molecule has 0 aromatic carbocycles. The van der Waals surface area contributed by atoms with Crippen molar-refractivity contribution in [3.8, 4) is 0 Å². The van der Waals surface area contributed by atoms with Crippen molar-refractivity contribution in [3.05, 3.63) is 58.3 Å². The molecule has 20 heavy (non-hydrogen) atoms. The number of nitrogens with zero attached hydrogens (tertiary/aromatic N) is 2. The molecule has 0 saturated carbocycles. The summed E-state index contributed by atoms with van der Waals surface area (Å²) in [5.41, 5.74) is 9.31. The van der Waals surface area contributed by atoms with Crippen LogP contribution in [0.1, 0.15) is 38.1 Å². The van der Waals surface area contributed by atoms with E-state index < -0.39 is 0 Å². The fourth-order valence-corrected chi connectivity index (χ4v) is 2.42. The molecule has 0 bridgehead atoms. The fourth-order valence-electron chi connectivity index (χ4n) is 2.42. The van der Waals surface area contributed by atoms with E-state index in [-0.39, 0.29) is 11.6 Å². The molecule has 0 aliphatic rings. The summed E-state index contributed by atoms with van der Waals surface area (Å²) in [5.74, 6) is 0. The zero-order valence-electron chi connectivity index (χ0n) is 12.4. The fraction of sp³-hybridized carbons (Fsp3) is 0.312. The minimum absolute atomic E-state index is 0.0338. The predicted molar refractivity (Wildman–Crippen MR) is 83.8 cm³/mol. The van der Waals surface area contributed by atoms with Gasteiger partial charge in [0.2, 0.25) is 0 Å². The first kappa shape index (κ1) is 14.3. The number of rotatable bonds is 3. The Hall–Kier alpha value is -2.07. The Bertz CT molecular complexity index is 745. The summed E-state index contributed by atoms with van der Waals surface area (Å²) in [4.78, 5) is 12.8. The lowest BCUT2D eigenvalue weighted by atomic mass is 10.2. The third-order valence-electron chi connectivity index (χ3n) is 3.41. The first-order valence-electron chi connectivity index (χ1n) is 6.79. The minimum Gasteiger partial charge on any atom is -0.323 e. The molecule has 1 atom stereocenters. The second-order valence-electron chi connectivity index (χ2n) is 4.95. The first-order chi connectivity index (χ1) is 9.51. The molecule has 4 heteroatoms. The van der Waals surface area contributed by atoms with Gasteiger partial charge < -0.3 is 10.1 Å². The number of nitrogens with two attached hydrogens (primary N) is 1. The SMILES string of the molecule is C/C=C\C(=C/C)n1c(C(C)N)cn2ccc(C)c2c1=O. The van der Waals surface area contributed by atoms with Gasteiger partial charge in [-0.1, -0.05) is 12.2 Å². The van der Waals surface area contributed by atoms with E-state index in [9.17, 15) is 4.79 Å². The van der Waals surface area contributed by atoms with Crippen molar-refractivity contribution in [2.75, 3.05) is 0 Å². The Morgan fingerprint density at radius 2 is 2.10 bits per heavy atom. The van der Waals surface area contributed by atoms with Crippen LogP contribution < -0.4 is 11.3 Å². The highest BCUT2D eigenvalue weighted by atomic mass is 16.1. The Morgan fingerprint density at radius 3 is 2.65 bits per heavy atom. The average Bonchev–Trinajstić information content (AvgIpc) is 2.78. The van der Waals surface area contributed by atoms with E-state index >= 15 is 0 Å². The number of aromatic nitrogens is 2. The Balaban J connectivity index is 2.92. The van der Waals surface area contributed by atoms with Gasteiger partial charge >= 0.3 is 0 Å². The third-order valence-corrected chi connectivity index (χ3v) is 3.41. The van der Waals surface area contributed by atoms with Crippen LogP contribution in [0, 0.1) is 6.92 Å². The molecule has 0 aliphatic carbocycles. The van der Waals surface area contributed by atoms with Crippen molar-refractivity contribution in [3.63, 3.8) is 0 Å². The molecule has 4 nitrogen and oxygen atoms in total. The van der Waals surface area contributed by atoms with Crippen LogP contribution >= 0.6 is 0 Å². The number of aryl methyl sites for hydroxylation is 1. The molecule has 2 aromatic rings. The number of hydrogen-bond donors (Lipinski definition) is 1. The summed E-state index contributed by atoms with van der Waals surface area (Å²) < 4.78 is 3.56. The van der Waals surface area contributed by atoms with Gasteiger partial charge in [0, 0.05) is 24.1 Å². The van der Waals surface area contributed by atoms with E-state index in [1.807, 2.05) is 68.8 Å². The Morgan fingerprint density at radius 1 is 1.40 bits per heavy atom. The summed E-state index contributed by atoms with van der Waals surface area (Å²) in [7, 11) is 0. The van der Waals surface area contributed by atoms with Gasteiger partial charge in [-0.2, -0.15) is 0 Å². The van der Waals surface area contributed by atoms with E-state index in [0.29, 0.717) is 5.52 Å². The second-order valence-corrected chi connectivity index (χ2v) is 4.95. The van der Waals surface area contributed by atoms with Gasteiger partial charge in [-0.25, -0.2) is 0 Å². The van der Waals surface area contributed by atoms with Gasteiger partial charge in [-0.3, -0.25) is 9.36 Å². The van der Waals surface area contributed by atoms with E-state index in [0.717, 1.165) is 17.0 Å². The molecule has 0 spiro atoms. The molecule has 106 valence electrons. The third kappa shape index (κ3) is 2.23. The standard InChI is InChI=1S/C16H21N3O/c1-5-7-13(6-2)19-14(12(4)17)10-18-9-8-11(3)15(18)16(19)20/h5-10,12H,17H2,1-4H3/b7-5-,13-6+. The molecule has 0 amide bonds. The lowest BCUT2D eigenvalue weighted by molar-refractivity contribution is 0.726. The molecule has 1 unspecified atom stereocenters. The molecule has 2 rings (SSSR count). The molecule has 2 aromatic heterocycles. The van der Waals surface area contributed by atoms with Crippen molar-refractivity contribution >= 4 is 11.2 Å². The molecule has 0 fully saturated rings. The topological polar surface area (TPSA) is 52.4 Å². The van der Waals surface area contributed by atoms with Crippen LogP contribution in [-0.4, -0.2) is 8.97 Å². The van der Waals surface area contributed by atoms with Gasteiger partial charge in [0.05, 0.1) is 5.69 Å². The maximum Gasteiger partial charge on any atom is 0.279 e. The lowest BCUT2D eigenvalue weighted by Crippen LogP contribution is -2.27. The summed E-state index contributed by atoms with van der Waals surface area (Å²) in [6.07, 6.45) is 9.58. The van der Waals surface area contributed by atoms with Crippen molar-refractivity contribution < 1.29 is 0 Å². The highest BCUT2D eigenvalue weighted by molar-refractivity contribution is 5.62. The first-order valence-corrected chi connectivity index (χ1v) is 6.79. The van der Waals surface area contributed by atoms with Crippen LogP contribution in [0.15, 0.2) is 41.5 Å². The minimum atomic E-state index is -0.227. The monoisotopic (exact) mass is 271 g/mol.